The van der Waals surface area contributed by atoms with Crippen LogP contribution >= 0.6 is 0 Å². The molecule has 4 aromatic rings. The van der Waals surface area contributed by atoms with Crippen LogP contribution in [0.15, 0.2) is 41.3 Å². The highest BCUT2D eigenvalue weighted by Crippen LogP contribution is 2.33. The molecule has 7 nitrogen and oxygen atoms in total. The van der Waals surface area contributed by atoms with Crippen molar-refractivity contribution in [2.45, 2.75) is 26.8 Å². The fourth-order valence-electron chi connectivity index (χ4n) is 3.23. The number of methoxy groups -OCH3 is 1. The summed E-state index contributed by atoms with van der Waals surface area (Å²) in [5.41, 5.74) is 1.94. The van der Waals surface area contributed by atoms with Gasteiger partial charge in [0.25, 0.3) is 11.3 Å². The third kappa shape index (κ3) is 2.44. The summed E-state index contributed by atoms with van der Waals surface area (Å²) < 4.78 is 8.87. The zero-order valence-electron chi connectivity index (χ0n) is 14.9. The predicted molar refractivity (Wildman–Crippen MR) is 99.6 cm³/mol. The second-order valence-electron chi connectivity index (χ2n) is 6.11. The van der Waals surface area contributed by atoms with Crippen molar-refractivity contribution in [1.82, 2.24) is 24.1 Å². The molecule has 0 N–H and O–H groups in total. The van der Waals surface area contributed by atoms with Crippen LogP contribution in [0.2, 0.25) is 0 Å². The first kappa shape index (κ1) is 16.3. The summed E-state index contributed by atoms with van der Waals surface area (Å²) in [5.74, 6) is 1.72. The van der Waals surface area contributed by atoms with Gasteiger partial charge >= 0.3 is 0 Å². The molecule has 0 saturated carbocycles. The van der Waals surface area contributed by atoms with E-state index in [1.165, 1.54) is 0 Å². The highest BCUT2D eigenvalue weighted by Gasteiger charge is 2.20. The van der Waals surface area contributed by atoms with E-state index in [0.717, 1.165) is 12.0 Å². The van der Waals surface area contributed by atoms with Crippen molar-refractivity contribution in [2.24, 2.45) is 0 Å². The summed E-state index contributed by atoms with van der Waals surface area (Å²) in [4.78, 5) is 22.1. The largest absolute Gasteiger partial charge is 0.496 e. The number of para-hydroxylation sites is 1. The van der Waals surface area contributed by atoms with Gasteiger partial charge in [-0.15, -0.1) is 5.10 Å². The van der Waals surface area contributed by atoms with Gasteiger partial charge < -0.3 is 9.30 Å². The first-order valence-corrected chi connectivity index (χ1v) is 8.54. The van der Waals surface area contributed by atoms with Gasteiger partial charge in [0, 0.05) is 18.3 Å². The molecule has 1 aromatic carbocycles. The third-order valence-corrected chi connectivity index (χ3v) is 4.33. The Morgan fingerprint density at radius 1 is 1.15 bits per heavy atom. The molecule has 0 unspecified atom stereocenters. The second-order valence-corrected chi connectivity index (χ2v) is 6.11. The molecule has 0 spiro atoms. The highest BCUT2D eigenvalue weighted by molar-refractivity contribution is 5.94. The molecule has 0 bridgehead atoms. The molecule has 0 aliphatic carbocycles. The minimum absolute atomic E-state index is 0.0900. The summed E-state index contributed by atoms with van der Waals surface area (Å²) in [6.45, 7) is 4.50. The summed E-state index contributed by atoms with van der Waals surface area (Å²) in [7, 11) is 1.61. The maximum absolute atomic E-state index is 13.2. The fourth-order valence-corrected chi connectivity index (χ4v) is 3.23. The zero-order valence-corrected chi connectivity index (χ0v) is 14.9. The van der Waals surface area contributed by atoms with Crippen molar-refractivity contribution in [3.05, 3.63) is 52.7 Å². The van der Waals surface area contributed by atoms with Crippen LogP contribution in [-0.2, 0) is 6.54 Å². The number of hydrogen-bond donors (Lipinski definition) is 0. The van der Waals surface area contributed by atoms with Gasteiger partial charge in [0.1, 0.15) is 11.6 Å². The fraction of sp³-hybridized carbons (Fsp3) is 0.263. The molecule has 132 valence electrons. The van der Waals surface area contributed by atoms with Gasteiger partial charge in [0.05, 0.1) is 23.7 Å². The van der Waals surface area contributed by atoms with Gasteiger partial charge in [-0.25, -0.2) is 4.98 Å². The Morgan fingerprint density at radius 2 is 1.96 bits per heavy atom. The van der Waals surface area contributed by atoms with E-state index in [2.05, 4.69) is 15.1 Å². The van der Waals surface area contributed by atoms with Gasteiger partial charge in [-0.05, 0) is 31.5 Å². The van der Waals surface area contributed by atoms with E-state index in [9.17, 15) is 4.79 Å². The summed E-state index contributed by atoms with van der Waals surface area (Å²) >= 11 is 0. The van der Waals surface area contributed by atoms with Crippen LogP contribution in [0, 0.1) is 6.92 Å². The topological polar surface area (TPSA) is 74.3 Å². The molecule has 0 aliphatic heterocycles. The van der Waals surface area contributed by atoms with Crippen molar-refractivity contribution < 1.29 is 4.74 Å². The van der Waals surface area contributed by atoms with Crippen LogP contribution < -0.4 is 10.3 Å². The van der Waals surface area contributed by atoms with Gasteiger partial charge in [0.2, 0.25) is 0 Å². The average Bonchev–Trinajstić information content (AvgIpc) is 3.02. The first-order chi connectivity index (χ1) is 12.6. The quantitative estimate of drug-likeness (QED) is 0.566. The lowest BCUT2D eigenvalue weighted by Crippen LogP contribution is -2.21. The van der Waals surface area contributed by atoms with Crippen LogP contribution in [0.5, 0.6) is 5.75 Å². The molecule has 26 heavy (non-hydrogen) atoms. The molecule has 0 saturated heterocycles. The molecule has 7 heteroatoms. The van der Waals surface area contributed by atoms with Crippen LogP contribution in [-0.4, -0.2) is 31.3 Å². The van der Waals surface area contributed by atoms with Gasteiger partial charge in [-0.1, -0.05) is 19.1 Å². The number of aromatic nitrogens is 5. The summed E-state index contributed by atoms with van der Waals surface area (Å²) in [6.07, 6.45) is 2.65. The standard InChI is InChI=1S/C19H19N5O2/c1-4-10-23-11-9-14-16(18(23)25)17(13-7-5-6-8-15(13)26-3)24-19(21-14)20-12(2)22-24/h5-9,11H,4,10H2,1-3H3. The molecule has 0 aliphatic rings. The Balaban J connectivity index is 2.22. The molecule has 0 amide bonds. The molecule has 0 radical (unpaired) electrons. The van der Waals surface area contributed by atoms with Gasteiger partial charge in [0.15, 0.2) is 0 Å². The van der Waals surface area contributed by atoms with Crippen LogP contribution in [0.4, 0.5) is 0 Å². The Hall–Kier alpha value is -3.22. The van der Waals surface area contributed by atoms with E-state index < -0.39 is 0 Å². The first-order valence-electron chi connectivity index (χ1n) is 8.54. The van der Waals surface area contributed by atoms with E-state index >= 15 is 0 Å². The van der Waals surface area contributed by atoms with Crippen LogP contribution in [0.1, 0.15) is 19.2 Å². The molecular weight excluding hydrogens is 330 g/mol. The van der Waals surface area contributed by atoms with E-state index in [0.29, 0.717) is 40.5 Å². The summed E-state index contributed by atoms with van der Waals surface area (Å²) in [5, 5.41) is 4.99. The molecule has 4 rings (SSSR count). The highest BCUT2D eigenvalue weighted by atomic mass is 16.5. The molecule has 0 fully saturated rings. The maximum atomic E-state index is 13.2. The Labute approximate surface area is 149 Å². The lowest BCUT2D eigenvalue weighted by molar-refractivity contribution is 0.416. The van der Waals surface area contributed by atoms with E-state index in [-0.39, 0.29) is 5.56 Å². The predicted octanol–water partition coefficient (Wildman–Crippen LogP) is 2.83. The van der Waals surface area contributed by atoms with Crippen molar-refractivity contribution in [3.63, 3.8) is 0 Å². The smallest absolute Gasteiger partial charge is 0.262 e. The molecule has 3 aromatic heterocycles. The molecule has 0 atom stereocenters. The Kier molecular flexibility index (Phi) is 3.91. The van der Waals surface area contributed by atoms with Crippen LogP contribution in [0.3, 0.4) is 0 Å². The lowest BCUT2D eigenvalue weighted by atomic mass is 10.1. The van der Waals surface area contributed by atoms with Gasteiger partial charge in [-0.3, -0.25) is 4.79 Å². The molecule has 3 heterocycles. The van der Waals surface area contributed by atoms with Gasteiger partial charge in [-0.2, -0.15) is 9.50 Å². The SMILES string of the molecule is CCCn1ccc2nc3nc(C)nn3c(-c3ccccc3OC)c2c1=O. The number of nitrogens with zero attached hydrogens (tertiary/aromatic N) is 5. The Bertz CT molecular complexity index is 1180. The maximum Gasteiger partial charge on any atom is 0.262 e. The second kappa shape index (κ2) is 6.25. The number of fused-ring (bicyclic) bond motifs is 2. The van der Waals surface area contributed by atoms with Crippen molar-refractivity contribution in [2.75, 3.05) is 7.11 Å². The van der Waals surface area contributed by atoms with E-state index in [1.54, 1.807) is 29.3 Å². The van der Waals surface area contributed by atoms with Crippen LogP contribution in [0.25, 0.3) is 27.9 Å². The van der Waals surface area contributed by atoms with E-state index in [4.69, 9.17) is 4.74 Å². The number of benzene rings is 1. The zero-order chi connectivity index (χ0) is 18.3. The number of hydrogen-bond acceptors (Lipinski definition) is 5. The Morgan fingerprint density at radius 3 is 2.73 bits per heavy atom. The average molecular weight is 349 g/mol. The summed E-state index contributed by atoms with van der Waals surface area (Å²) in [6, 6.07) is 9.44. The number of ether oxygens (including phenoxy) is 1. The number of pyridine rings is 1. The van der Waals surface area contributed by atoms with Crippen molar-refractivity contribution in [3.8, 4) is 17.0 Å². The minimum Gasteiger partial charge on any atom is -0.496 e. The van der Waals surface area contributed by atoms with E-state index in [1.807, 2.05) is 37.3 Å². The third-order valence-electron chi connectivity index (χ3n) is 4.33. The van der Waals surface area contributed by atoms with Crippen molar-refractivity contribution in [1.29, 1.82) is 0 Å². The monoisotopic (exact) mass is 349 g/mol. The number of aryl methyl sites for hydroxylation is 2. The van der Waals surface area contributed by atoms with Crippen molar-refractivity contribution >= 4 is 16.7 Å². The number of rotatable bonds is 4. The lowest BCUT2D eigenvalue weighted by Gasteiger charge is -2.13. The molecular formula is C19H19N5O2. The normalized spacial score (nSPS) is 11.3. The minimum atomic E-state index is -0.0900.